The van der Waals surface area contributed by atoms with Gasteiger partial charge in [0.15, 0.2) is 0 Å². The number of carboxylic acid groups (broad SMARTS) is 1. The van der Waals surface area contributed by atoms with Gasteiger partial charge in [-0.05, 0) is 68.5 Å². The van der Waals surface area contributed by atoms with E-state index in [0.717, 1.165) is 16.5 Å². The van der Waals surface area contributed by atoms with Gasteiger partial charge in [-0.3, -0.25) is 19.2 Å². The molecule has 1 aromatic heterocycles. The molecule has 1 aliphatic rings. The molecule has 0 bridgehead atoms. The first kappa shape index (κ1) is 36.5. The number of para-hydroxylation sites is 1. The minimum absolute atomic E-state index is 0.0125. The van der Waals surface area contributed by atoms with Crippen LogP contribution in [0.15, 0.2) is 30.5 Å². The normalized spacial score (nSPS) is 17.5. The fourth-order valence-corrected chi connectivity index (χ4v) is 5.78. The van der Waals surface area contributed by atoms with Crippen molar-refractivity contribution in [2.75, 3.05) is 13.1 Å². The molecule has 1 aliphatic heterocycles. The van der Waals surface area contributed by atoms with Crippen molar-refractivity contribution in [3.05, 3.63) is 36.0 Å². The predicted octanol–water partition coefficient (Wildman–Crippen LogP) is 1.40. The Kier molecular flexibility index (Phi) is 13.6. The van der Waals surface area contributed by atoms with Gasteiger partial charge in [0.2, 0.25) is 23.6 Å². The smallest absolute Gasteiger partial charge is 0.326 e. The Morgan fingerprint density at radius 2 is 1.65 bits per heavy atom. The number of carbonyl (C=O) groups excluding carboxylic acids is 4. The lowest BCUT2D eigenvalue weighted by Crippen LogP contribution is -2.59. The van der Waals surface area contributed by atoms with Crippen molar-refractivity contribution in [3.63, 3.8) is 0 Å². The van der Waals surface area contributed by atoms with Crippen molar-refractivity contribution in [2.24, 2.45) is 23.3 Å². The summed E-state index contributed by atoms with van der Waals surface area (Å²) in [5.41, 5.74) is 13.3. The van der Waals surface area contributed by atoms with E-state index in [0.29, 0.717) is 38.8 Å². The molecule has 1 saturated heterocycles. The van der Waals surface area contributed by atoms with E-state index >= 15 is 0 Å². The Bertz CT molecular complexity index is 1360. The molecule has 0 radical (unpaired) electrons. The lowest BCUT2D eigenvalue weighted by molar-refractivity contribution is -0.142. The van der Waals surface area contributed by atoms with E-state index in [-0.39, 0.29) is 37.0 Å². The van der Waals surface area contributed by atoms with Crippen LogP contribution in [0.25, 0.3) is 10.9 Å². The van der Waals surface area contributed by atoms with Crippen molar-refractivity contribution in [1.82, 2.24) is 25.8 Å². The minimum Gasteiger partial charge on any atom is -0.480 e. The second-order valence-electron chi connectivity index (χ2n) is 13.0. The molecule has 2 heterocycles. The van der Waals surface area contributed by atoms with Crippen molar-refractivity contribution in [3.8, 4) is 0 Å². The van der Waals surface area contributed by atoms with Crippen LogP contribution in [0.2, 0.25) is 0 Å². The highest BCUT2D eigenvalue weighted by atomic mass is 16.4. The largest absolute Gasteiger partial charge is 0.480 e. The van der Waals surface area contributed by atoms with E-state index in [1.54, 1.807) is 6.20 Å². The van der Waals surface area contributed by atoms with Crippen LogP contribution in [0.3, 0.4) is 0 Å². The van der Waals surface area contributed by atoms with Gasteiger partial charge >= 0.3 is 5.97 Å². The number of rotatable bonds is 17. The second-order valence-corrected chi connectivity index (χ2v) is 13.0. The Morgan fingerprint density at radius 1 is 0.978 bits per heavy atom. The van der Waals surface area contributed by atoms with E-state index in [2.05, 4.69) is 20.9 Å². The highest BCUT2D eigenvalue weighted by Gasteiger charge is 2.39. The molecule has 1 aromatic carbocycles. The maximum absolute atomic E-state index is 13.9. The van der Waals surface area contributed by atoms with Crippen molar-refractivity contribution in [1.29, 1.82) is 0 Å². The Hall–Kier alpha value is -3.97. The fraction of sp³-hybridized carbons (Fsp3) is 0.606. The zero-order chi connectivity index (χ0) is 34.0. The van der Waals surface area contributed by atoms with E-state index < -0.39 is 53.9 Å². The molecule has 2 aromatic rings. The monoisotopic (exact) mass is 641 g/mol. The second kappa shape index (κ2) is 17.1. The zero-order valence-corrected chi connectivity index (χ0v) is 27.4. The number of carbonyl (C=O) groups is 5. The van der Waals surface area contributed by atoms with Gasteiger partial charge in [-0.15, -0.1) is 0 Å². The molecule has 5 atom stereocenters. The molecule has 0 saturated carbocycles. The number of nitrogens with one attached hydrogen (secondary N) is 4. The maximum atomic E-state index is 13.9. The molecule has 13 heteroatoms. The summed E-state index contributed by atoms with van der Waals surface area (Å²) in [5, 5.41) is 18.8. The molecule has 1 fully saturated rings. The number of aromatic amines is 1. The Morgan fingerprint density at radius 3 is 2.30 bits per heavy atom. The summed E-state index contributed by atoms with van der Waals surface area (Å²) >= 11 is 0. The molecule has 254 valence electrons. The summed E-state index contributed by atoms with van der Waals surface area (Å²) in [6.07, 6.45) is 4.55. The van der Waals surface area contributed by atoms with Crippen LogP contribution in [-0.4, -0.2) is 87.9 Å². The summed E-state index contributed by atoms with van der Waals surface area (Å²) in [6, 6.07) is 2.78. The van der Waals surface area contributed by atoms with Gasteiger partial charge in [-0.25, -0.2) is 4.79 Å². The number of nitrogens with zero attached hydrogens (tertiary/aromatic N) is 1. The topological polar surface area (TPSA) is 213 Å². The molecule has 46 heavy (non-hydrogen) atoms. The maximum Gasteiger partial charge on any atom is 0.326 e. The van der Waals surface area contributed by atoms with Crippen molar-refractivity contribution < 1.29 is 29.1 Å². The third kappa shape index (κ3) is 9.76. The molecule has 9 N–H and O–H groups in total. The summed E-state index contributed by atoms with van der Waals surface area (Å²) in [5.74, 6) is -3.28. The molecule has 0 spiro atoms. The number of H-pyrrole nitrogens is 1. The Labute approximate surface area is 270 Å². The number of aromatic nitrogens is 1. The van der Waals surface area contributed by atoms with Crippen LogP contribution in [0.5, 0.6) is 0 Å². The van der Waals surface area contributed by atoms with Crippen molar-refractivity contribution >= 4 is 40.5 Å². The van der Waals surface area contributed by atoms with Crippen molar-refractivity contribution in [2.45, 2.75) is 103 Å². The van der Waals surface area contributed by atoms with Gasteiger partial charge in [0.25, 0.3) is 0 Å². The molecular weight excluding hydrogens is 590 g/mol. The van der Waals surface area contributed by atoms with E-state index in [1.807, 2.05) is 52.0 Å². The highest BCUT2D eigenvalue weighted by Crippen LogP contribution is 2.22. The molecule has 4 amide bonds. The quantitative estimate of drug-likeness (QED) is 0.125. The number of hydrogen-bond donors (Lipinski definition) is 7. The highest BCUT2D eigenvalue weighted by molar-refractivity contribution is 5.96. The third-order valence-electron chi connectivity index (χ3n) is 8.48. The first-order chi connectivity index (χ1) is 21.8. The van der Waals surface area contributed by atoms with Crippen LogP contribution < -0.4 is 27.4 Å². The van der Waals surface area contributed by atoms with E-state index in [4.69, 9.17) is 11.5 Å². The molecule has 0 unspecified atom stereocenters. The molecular formula is C33H51N7O6. The lowest BCUT2D eigenvalue weighted by atomic mass is 9.99. The Balaban J connectivity index is 1.86. The van der Waals surface area contributed by atoms with Crippen LogP contribution in [0.1, 0.15) is 71.8 Å². The average Bonchev–Trinajstić information content (AvgIpc) is 3.66. The predicted molar refractivity (Wildman–Crippen MR) is 175 cm³/mol. The molecule has 0 aliphatic carbocycles. The van der Waals surface area contributed by atoms with E-state index in [9.17, 15) is 29.1 Å². The zero-order valence-electron chi connectivity index (χ0n) is 27.4. The van der Waals surface area contributed by atoms with Gasteiger partial charge < -0.3 is 42.4 Å². The fourth-order valence-electron chi connectivity index (χ4n) is 5.78. The minimum atomic E-state index is -1.17. The average molecular weight is 642 g/mol. The van der Waals surface area contributed by atoms with Crippen LogP contribution >= 0.6 is 0 Å². The van der Waals surface area contributed by atoms with Gasteiger partial charge in [-0.1, -0.05) is 45.9 Å². The number of amides is 4. The summed E-state index contributed by atoms with van der Waals surface area (Å²) < 4.78 is 0. The number of nitrogens with two attached hydrogens (primary N) is 2. The van der Waals surface area contributed by atoms with Gasteiger partial charge in [-0.2, -0.15) is 0 Å². The third-order valence-corrected chi connectivity index (χ3v) is 8.48. The van der Waals surface area contributed by atoms with Crippen LogP contribution in [-0.2, 0) is 30.4 Å². The SMILES string of the molecule is CC(C)C[C@H](NC(=O)[C@H](Cc1c[nH]c2ccccc12)NC(=O)[C@@H]1CCCN1C(=O)[C@@H](N)C(C)C)C(=O)N[C@@H](CCCCN)C(=O)O. The van der Waals surface area contributed by atoms with Gasteiger partial charge in [0.05, 0.1) is 6.04 Å². The first-order valence-corrected chi connectivity index (χ1v) is 16.3. The van der Waals surface area contributed by atoms with Crippen LogP contribution in [0.4, 0.5) is 0 Å². The summed E-state index contributed by atoms with van der Waals surface area (Å²) in [7, 11) is 0. The standard InChI is InChI=1S/C33H51N7O6/c1-19(2)16-25(29(41)37-24(33(45)46)12-7-8-14-34)38-30(42)26(17-21-18-36-23-11-6-5-10-22(21)23)39-31(43)27-13-9-15-40(27)32(44)28(35)20(3)4/h5-6,10-11,18-20,24-28,36H,7-9,12-17,34-35H2,1-4H3,(H,37,41)(H,38,42)(H,39,43)(H,45,46)/t24-,25-,26-,27-,28-/m0/s1. The number of likely N-dealkylation sites (tertiary alicyclic amines) is 1. The lowest BCUT2D eigenvalue weighted by Gasteiger charge is -2.30. The summed E-state index contributed by atoms with van der Waals surface area (Å²) in [6.45, 7) is 8.27. The number of aliphatic carboxylic acids is 1. The number of carboxylic acids is 1. The first-order valence-electron chi connectivity index (χ1n) is 16.3. The van der Waals surface area contributed by atoms with Crippen LogP contribution in [0, 0.1) is 11.8 Å². The summed E-state index contributed by atoms with van der Waals surface area (Å²) in [4.78, 5) is 70.7. The number of unbranched alkanes of at least 4 members (excludes halogenated alkanes) is 1. The van der Waals surface area contributed by atoms with Gasteiger partial charge in [0, 0.05) is 30.1 Å². The number of benzene rings is 1. The van der Waals surface area contributed by atoms with E-state index in [1.165, 1.54) is 4.90 Å². The molecule has 13 nitrogen and oxygen atoms in total. The van der Waals surface area contributed by atoms with Gasteiger partial charge in [0.1, 0.15) is 24.2 Å². The number of fused-ring (bicyclic) bond motifs is 1. The molecule has 3 rings (SSSR count). The number of hydrogen-bond acceptors (Lipinski definition) is 7.